The fraction of sp³-hybridized carbons (Fsp3) is 0.0952. The van der Waals surface area contributed by atoms with Crippen LogP contribution in [0.1, 0.15) is 25.0 Å². The molecule has 0 radical (unpaired) electrons. The first-order valence-corrected chi connectivity index (χ1v) is 15.1. The van der Waals surface area contributed by atoms with Gasteiger partial charge >= 0.3 is 26.2 Å². The van der Waals surface area contributed by atoms with Crippen LogP contribution < -0.4 is 0 Å². The number of hydrogen-bond donors (Lipinski definition) is 0. The van der Waals surface area contributed by atoms with E-state index in [0.717, 1.165) is 12.8 Å². The largest absolute Gasteiger partial charge is 2.00 e. The summed E-state index contributed by atoms with van der Waals surface area (Å²) in [6.45, 7) is 4.43. The van der Waals surface area contributed by atoms with Gasteiger partial charge in [0.05, 0.1) is 0 Å². The van der Waals surface area contributed by atoms with Crippen molar-refractivity contribution in [2.75, 3.05) is 0 Å². The Hall–Kier alpha value is -4.06. The summed E-state index contributed by atoms with van der Waals surface area (Å²) in [5, 5.41) is 10.7. The number of hydrogen-bond acceptors (Lipinski definition) is 0. The summed E-state index contributed by atoms with van der Waals surface area (Å²) in [4.78, 5) is 0. The van der Waals surface area contributed by atoms with Gasteiger partial charge in [0.25, 0.3) is 0 Å². The van der Waals surface area contributed by atoms with Crippen LogP contribution in [0.2, 0.25) is 0 Å². The minimum Gasteiger partial charge on any atom is -0.164 e. The van der Waals surface area contributed by atoms with Crippen molar-refractivity contribution in [3.05, 3.63) is 157 Å². The van der Waals surface area contributed by atoms with Crippen molar-refractivity contribution in [1.29, 1.82) is 0 Å². The van der Waals surface area contributed by atoms with E-state index in [1.165, 1.54) is 76.5 Å². The molecule has 0 atom stereocenters. The molecule has 206 valence electrons. The molecule has 8 aromatic rings. The molecule has 0 aliphatic rings. The van der Waals surface area contributed by atoms with Gasteiger partial charge in [0.2, 0.25) is 0 Å². The van der Waals surface area contributed by atoms with Gasteiger partial charge in [0, 0.05) is 0 Å². The molecular weight excluding hydrogens is 596 g/mol. The Morgan fingerprint density at radius 1 is 0.395 bits per heavy atom. The third-order valence-corrected chi connectivity index (χ3v) is 8.60. The Morgan fingerprint density at radius 2 is 0.744 bits per heavy atom. The van der Waals surface area contributed by atoms with Crippen LogP contribution in [0.4, 0.5) is 0 Å². The Kier molecular flexibility index (Phi) is 8.55. The van der Waals surface area contributed by atoms with Crippen LogP contribution in [0.25, 0.3) is 65.3 Å². The maximum absolute atomic E-state index is 2.34. The average Bonchev–Trinajstić information content (AvgIpc) is 3.69. The van der Waals surface area contributed by atoms with Crippen LogP contribution in [0.15, 0.2) is 146 Å². The van der Waals surface area contributed by atoms with Crippen LogP contribution in [0.3, 0.4) is 0 Å². The first-order chi connectivity index (χ1) is 20.7. The molecule has 0 N–H and O–H groups in total. The fourth-order valence-electron chi connectivity index (χ4n) is 6.39. The third kappa shape index (κ3) is 5.55. The molecule has 0 unspecified atom stereocenters. The van der Waals surface area contributed by atoms with Gasteiger partial charge in [-0.2, -0.15) is 12.1 Å². The second-order valence-corrected chi connectivity index (χ2v) is 11.1. The molecule has 0 saturated heterocycles. The summed E-state index contributed by atoms with van der Waals surface area (Å²) in [5.41, 5.74) is 8.15. The molecule has 0 aromatic heterocycles. The van der Waals surface area contributed by atoms with Crippen molar-refractivity contribution in [1.82, 2.24) is 0 Å². The van der Waals surface area contributed by atoms with Gasteiger partial charge in [0.15, 0.2) is 0 Å². The Balaban J connectivity index is 0.000000150. The third-order valence-electron chi connectivity index (χ3n) is 8.60. The Morgan fingerprint density at radius 3 is 1.16 bits per heavy atom. The Labute approximate surface area is 273 Å². The number of benzene rings is 6. The summed E-state index contributed by atoms with van der Waals surface area (Å²) in [7, 11) is 0. The number of aryl methyl sites for hydroxylation is 2. The molecule has 43 heavy (non-hydrogen) atoms. The molecule has 0 fully saturated rings. The van der Waals surface area contributed by atoms with Crippen molar-refractivity contribution in [2.45, 2.75) is 26.7 Å². The normalized spacial score (nSPS) is 11.0. The standard InChI is InChI=1S/2C21H17.Zr/c2*1-2-15-13-17-9-6-12-20(21(17)14-15)19-11-5-8-16-7-3-4-10-18(16)19;/h2*3-14H,2H2,1H3;/q2*-1;+2. The summed E-state index contributed by atoms with van der Waals surface area (Å²) in [6.07, 6.45) is 2.17. The summed E-state index contributed by atoms with van der Waals surface area (Å²) < 4.78 is 0. The van der Waals surface area contributed by atoms with E-state index >= 15 is 0 Å². The summed E-state index contributed by atoms with van der Waals surface area (Å²) in [5.74, 6) is 0. The van der Waals surface area contributed by atoms with Crippen LogP contribution in [-0.2, 0) is 39.0 Å². The van der Waals surface area contributed by atoms with Crippen molar-refractivity contribution in [3.8, 4) is 22.3 Å². The minimum atomic E-state index is 0. The smallest absolute Gasteiger partial charge is 0.164 e. The number of fused-ring (bicyclic) bond motifs is 4. The second kappa shape index (κ2) is 12.7. The summed E-state index contributed by atoms with van der Waals surface area (Å²) >= 11 is 0. The molecular formula is C42H34Zr. The van der Waals surface area contributed by atoms with E-state index in [9.17, 15) is 0 Å². The van der Waals surface area contributed by atoms with Crippen LogP contribution >= 0.6 is 0 Å². The van der Waals surface area contributed by atoms with Gasteiger partial charge in [-0.25, -0.2) is 0 Å². The van der Waals surface area contributed by atoms with Crippen molar-refractivity contribution < 1.29 is 26.2 Å². The van der Waals surface area contributed by atoms with Gasteiger partial charge in [0.1, 0.15) is 0 Å². The van der Waals surface area contributed by atoms with E-state index in [1.807, 2.05) is 0 Å². The van der Waals surface area contributed by atoms with E-state index in [4.69, 9.17) is 0 Å². The van der Waals surface area contributed by atoms with Crippen molar-refractivity contribution >= 4 is 43.1 Å². The van der Waals surface area contributed by atoms with Gasteiger partial charge < -0.3 is 0 Å². The van der Waals surface area contributed by atoms with Gasteiger partial charge in [-0.05, 0) is 45.5 Å². The van der Waals surface area contributed by atoms with Crippen molar-refractivity contribution in [2.24, 2.45) is 0 Å². The summed E-state index contributed by atoms with van der Waals surface area (Å²) in [6, 6.07) is 52.9. The quantitative estimate of drug-likeness (QED) is 0.170. The van der Waals surface area contributed by atoms with Crippen LogP contribution in [0.5, 0.6) is 0 Å². The zero-order chi connectivity index (χ0) is 28.5. The minimum absolute atomic E-state index is 0. The predicted molar refractivity (Wildman–Crippen MR) is 184 cm³/mol. The molecule has 0 saturated carbocycles. The molecule has 1 heteroatoms. The van der Waals surface area contributed by atoms with E-state index < -0.39 is 0 Å². The zero-order valence-electron chi connectivity index (χ0n) is 24.8. The molecule has 0 spiro atoms. The average molecular weight is 630 g/mol. The Bertz CT molecular complexity index is 2000. The first kappa shape index (κ1) is 29.0. The van der Waals surface area contributed by atoms with E-state index in [-0.39, 0.29) is 26.2 Å². The zero-order valence-corrected chi connectivity index (χ0v) is 27.2. The number of rotatable bonds is 4. The molecule has 0 heterocycles. The second-order valence-electron chi connectivity index (χ2n) is 11.1. The molecule has 8 aromatic carbocycles. The SMILES string of the molecule is CCc1cc2c(-c3cccc4ccccc34)cccc2[cH-]1.CCc1cc2c(-c3cccc4ccccc34)cccc2[cH-]1.[Zr+2]. The molecule has 0 amide bonds. The van der Waals surface area contributed by atoms with Crippen LogP contribution in [-0.4, -0.2) is 0 Å². The molecule has 0 bridgehead atoms. The maximum Gasteiger partial charge on any atom is 2.00 e. The molecule has 0 aliphatic heterocycles. The van der Waals surface area contributed by atoms with Gasteiger partial charge in [-0.15, -0.1) is 69.1 Å². The van der Waals surface area contributed by atoms with E-state index in [0.29, 0.717) is 0 Å². The first-order valence-electron chi connectivity index (χ1n) is 15.1. The topological polar surface area (TPSA) is 0 Å². The molecule has 8 rings (SSSR count). The van der Waals surface area contributed by atoms with Gasteiger partial charge in [-0.3, -0.25) is 0 Å². The fourth-order valence-corrected chi connectivity index (χ4v) is 6.39. The van der Waals surface area contributed by atoms with Crippen LogP contribution in [0, 0.1) is 0 Å². The van der Waals surface area contributed by atoms with E-state index in [2.05, 4.69) is 159 Å². The monoisotopic (exact) mass is 628 g/mol. The van der Waals surface area contributed by atoms with Gasteiger partial charge in [-0.1, -0.05) is 122 Å². The predicted octanol–water partition coefficient (Wildman–Crippen LogP) is 11.9. The maximum atomic E-state index is 2.34. The molecule has 0 aliphatic carbocycles. The van der Waals surface area contributed by atoms with Crippen molar-refractivity contribution in [3.63, 3.8) is 0 Å². The van der Waals surface area contributed by atoms with E-state index in [1.54, 1.807) is 0 Å². The molecule has 0 nitrogen and oxygen atoms in total.